The zero-order valence-electron chi connectivity index (χ0n) is 11.1. The number of aromatic amines is 1. The Morgan fingerprint density at radius 3 is 2.61 bits per heavy atom. The highest BCUT2D eigenvalue weighted by molar-refractivity contribution is 5.94. The van der Waals surface area contributed by atoms with Gasteiger partial charge in [0, 0.05) is 12.5 Å². The quantitative estimate of drug-likeness (QED) is 0.852. The minimum Gasteiger partial charge on any atom is -0.323 e. The van der Waals surface area contributed by atoms with Crippen molar-refractivity contribution in [1.29, 1.82) is 0 Å². The largest absolute Gasteiger partial charge is 0.323 e. The van der Waals surface area contributed by atoms with E-state index in [9.17, 15) is 4.79 Å². The van der Waals surface area contributed by atoms with Crippen LogP contribution in [0.3, 0.4) is 0 Å². The number of benzene rings is 1. The van der Waals surface area contributed by atoms with Gasteiger partial charge >= 0.3 is 0 Å². The maximum absolute atomic E-state index is 11.2. The minimum absolute atomic E-state index is 0.0921. The molecule has 0 aliphatic carbocycles. The van der Waals surface area contributed by atoms with Crippen LogP contribution in [0.4, 0.5) is 5.69 Å². The Morgan fingerprint density at radius 1 is 1.28 bits per heavy atom. The first-order valence-electron chi connectivity index (χ1n) is 5.89. The summed E-state index contributed by atoms with van der Waals surface area (Å²) in [6.07, 6.45) is 0. The van der Waals surface area contributed by atoms with Crippen molar-refractivity contribution in [3.8, 4) is 11.3 Å². The van der Waals surface area contributed by atoms with E-state index in [0.29, 0.717) is 0 Å². The fraction of sp³-hybridized carbons (Fsp3) is 0.286. The number of carbonyl (C=O) groups is 1. The number of carbonyl (C=O) groups excluding carboxylic acids is 1. The molecule has 0 saturated carbocycles. The number of nitrogens with one attached hydrogen (secondary N) is 2. The molecule has 0 fully saturated rings. The Labute approximate surface area is 106 Å². The van der Waals surface area contributed by atoms with Crippen LogP contribution < -0.4 is 5.32 Å². The summed E-state index contributed by atoms with van der Waals surface area (Å²) < 4.78 is 0. The van der Waals surface area contributed by atoms with E-state index in [-0.39, 0.29) is 5.91 Å². The number of hydrogen-bond acceptors (Lipinski definition) is 2. The molecular weight excluding hydrogens is 226 g/mol. The van der Waals surface area contributed by atoms with Crippen LogP contribution >= 0.6 is 0 Å². The smallest absolute Gasteiger partial charge is 0.221 e. The summed E-state index contributed by atoms with van der Waals surface area (Å²) in [5, 5.41) is 10.0. The first-order chi connectivity index (χ1) is 8.49. The lowest BCUT2D eigenvalue weighted by molar-refractivity contribution is -0.114. The van der Waals surface area contributed by atoms with Gasteiger partial charge in [-0.05, 0) is 26.3 Å². The van der Waals surface area contributed by atoms with Gasteiger partial charge in [0.05, 0.1) is 11.4 Å². The number of anilines is 1. The maximum atomic E-state index is 11.2. The monoisotopic (exact) mass is 243 g/mol. The van der Waals surface area contributed by atoms with Crippen LogP contribution in [0.25, 0.3) is 11.3 Å². The molecule has 0 aliphatic rings. The van der Waals surface area contributed by atoms with Crippen LogP contribution in [0.5, 0.6) is 0 Å². The van der Waals surface area contributed by atoms with Crippen LogP contribution in [0, 0.1) is 20.8 Å². The Balaban J connectivity index is 2.53. The summed E-state index contributed by atoms with van der Waals surface area (Å²) in [6.45, 7) is 7.49. The lowest BCUT2D eigenvalue weighted by Gasteiger charge is -2.08. The van der Waals surface area contributed by atoms with Gasteiger partial charge in [-0.25, -0.2) is 0 Å². The molecule has 4 nitrogen and oxygen atoms in total. The van der Waals surface area contributed by atoms with Crippen LogP contribution in [0.15, 0.2) is 18.2 Å². The molecule has 0 aliphatic heterocycles. The fourth-order valence-electron chi connectivity index (χ4n) is 2.03. The summed E-state index contributed by atoms with van der Waals surface area (Å²) in [4.78, 5) is 11.2. The van der Waals surface area contributed by atoms with Crippen molar-refractivity contribution in [2.75, 3.05) is 5.32 Å². The molecule has 2 N–H and O–H groups in total. The molecule has 2 rings (SSSR count). The molecule has 18 heavy (non-hydrogen) atoms. The molecule has 0 unspecified atom stereocenters. The van der Waals surface area contributed by atoms with E-state index in [1.165, 1.54) is 12.5 Å². The summed E-state index contributed by atoms with van der Waals surface area (Å²) in [6, 6.07) is 6.19. The van der Waals surface area contributed by atoms with Gasteiger partial charge in [-0.3, -0.25) is 9.89 Å². The van der Waals surface area contributed by atoms with Crippen molar-refractivity contribution >= 4 is 11.6 Å². The predicted molar refractivity (Wildman–Crippen MR) is 72.5 cm³/mol. The third-order valence-corrected chi connectivity index (χ3v) is 2.89. The molecule has 1 heterocycles. The van der Waals surface area contributed by atoms with Gasteiger partial charge in [-0.1, -0.05) is 23.8 Å². The minimum atomic E-state index is -0.0921. The van der Waals surface area contributed by atoms with E-state index < -0.39 is 0 Å². The molecule has 1 aromatic heterocycles. The van der Waals surface area contributed by atoms with Gasteiger partial charge in [-0.15, -0.1) is 0 Å². The number of aryl methyl sites for hydroxylation is 3. The van der Waals surface area contributed by atoms with E-state index in [1.807, 2.05) is 26.0 Å². The normalized spacial score (nSPS) is 10.4. The van der Waals surface area contributed by atoms with Crippen molar-refractivity contribution in [2.45, 2.75) is 27.7 Å². The van der Waals surface area contributed by atoms with Crippen LogP contribution in [-0.2, 0) is 4.79 Å². The number of aromatic nitrogens is 2. The first kappa shape index (κ1) is 12.4. The molecule has 1 aromatic carbocycles. The fourth-order valence-corrected chi connectivity index (χ4v) is 2.03. The SMILES string of the molecule is CC(=O)Nc1c(-c2ccc(C)cc2C)n[nH]c1C. The molecule has 1 amide bonds. The van der Waals surface area contributed by atoms with E-state index in [1.54, 1.807) is 0 Å². The predicted octanol–water partition coefficient (Wildman–Crippen LogP) is 2.96. The van der Waals surface area contributed by atoms with Crippen molar-refractivity contribution in [2.24, 2.45) is 0 Å². The third kappa shape index (κ3) is 2.27. The molecule has 94 valence electrons. The molecule has 0 bridgehead atoms. The standard InChI is InChI=1S/C14H17N3O/c1-8-5-6-12(9(2)7-8)14-13(15-11(4)18)10(3)16-17-14/h5-7H,1-4H3,(H,15,18)(H,16,17). The van der Waals surface area contributed by atoms with Gasteiger partial charge in [0.1, 0.15) is 5.69 Å². The topological polar surface area (TPSA) is 57.8 Å². The lowest BCUT2D eigenvalue weighted by Crippen LogP contribution is -2.07. The lowest BCUT2D eigenvalue weighted by atomic mass is 10.0. The molecule has 4 heteroatoms. The average molecular weight is 243 g/mol. The van der Waals surface area contributed by atoms with Gasteiger partial charge in [-0.2, -0.15) is 5.10 Å². The Kier molecular flexibility index (Phi) is 3.19. The summed E-state index contributed by atoms with van der Waals surface area (Å²) >= 11 is 0. The maximum Gasteiger partial charge on any atom is 0.221 e. The summed E-state index contributed by atoms with van der Waals surface area (Å²) in [7, 11) is 0. The van der Waals surface area contributed by atoms with Crippen molar-refractivity contribution < 1.29 is 4.79 Å². The van der Waals surface area contributed by atoms with E-state index in [0.717, 1.165) is 28.2 Å². The number of H-pyrrole nitrogens is 1. The second kappa shape index (κ2) is 4.64. The van der Waals surface area contributed by atoms with Gasteiger partial charge in [0.25, 0.3) is 0 Å². The van der Waals surface area contributed by atoms with E-state index >= 15 is 0 Å². The van der Waals surface area contributed by atoms with Gasteiger partial charge in [0.15, 0.2) is 0 Å². The van der Waals surface area contributed by atoms with Crippen molar-refractivity contribution in [3.63, 3.8) is 0 Å². The molecule has 0 spiro atoms. The second-order valence-corrected chi connectivity index (χ2v) is 4.57. The third-order valence-electron chi connectivity index (χ3n) is 2.89. The van der Waals surface area contributed by atoms with Crippen LogP contribution in [-0.4, -0.2) is 16.1 Å². The van der Waals surface area contributed by atoms with Crippen LogP contribution in [0.1, 0.15) is 23.7 Å². The van der Waals surface area contributed by atoms with Crippen molar-refractivity contribution in [3.05, 3.63) is 35.0 Å². The highest BCUT2D eigenvalue weighted by Gasteiger charge is 2.14. The highest BCUT2D eigenvalue weighted by Crippen LogP contribution is 2.31. The average Bonchev–Trinajstić information content (AvgIpc) is 2.60. The number of rotatable bonds is 2. The molecular formula is C14H17N3O. The Morgan fingerprint density at radius 2 is 2.00 bits per heavy atom. The number of hydrogen-bond donors (Lipinski definition) is 2. The number of nitrogens with zero attached hydrogens (tertiary/aromatic N) is 1. The van der Waals surface area contributed by atoms with E-state index in [2.05, 4.69) is 28.5 Å². The summed E-state index contributed by atoms with van der Waals surface area (Å²) in [5.41, 5.74) is 5.81. The molecule has 0 atom stereocenters. The number of amides is 1. The molecule has 2 aromatic rings. The van der Waals surface area contributed by atoms with Gasteiger partial charge < -0.3 is 5.32 Å². The van der Waals surface area contributed by atoms with Crippen LogP contribution in [0.2, 0.25) is 0 Å². The molecule has 0 saturated heterocycles. The molecule has 0 radical (unpaired) electrons. The summed E-state index contributed by atoms with van der Waals surface area (Å²) in [5.74, 6) is -0.0921. The second-order valence-electron chi connectivity index (χ2n) is 4.57. The van der Waals surface area contributed by atoms with E-state index in [4.69, 9.17) is 0 Å². The Bertz CT molecular complexity index is 599. The zero-order valence-corrected chi connectivity index (χ0v) is 11.1. The highest BCUT2D eigenvalue weighted by atomic mass is 16.1. The van der Waals surface area contributed by atoms with Crippen molar-refractivity contribution in [1.82, 2.24) is 10.2 Å². The zero-order chi connectivity index (χ0) is 13.3. The first-order valence-corrected chi connectivity index (χ1v) is 5.89. The van der Waals surface area contributed by atoms with Gasteiger partial charge in [0.2, 0.25) is 5.91 Å². The Hall–Kier alpha value is -2.10.